The molecule has 10 heteroatoms. The van der Waals surface area contributed by atoms with E-state index in [9.17, 15) is 14.9 Å². The zero-order chi connectivity index (χ0) is 20.5. The molecule has 3 aromatic rings. The number of benzene rings is 1. The molecule has 1 unspecified atom stereocenters. The van der Waals surface area contributed by atoms with Crippen LogP contribution in [0.3, 0.4) is 0 Å². The number of non-ortho nitro benzene ring substituents is 1. The highest BCUT2D eigenvalue weighted by Gasteiger charge is 2.33. The number of hydrogen-bond donors (Lipinski definition) is 1. The van der Waals surface area contributed by atoms with Gasteiger partial charge >= 0.3 is 0 Å². The number of hydrogen-bond acceptors (Lipinski definition) is 7. The molecule has 1 amide bonds. The fraction of sp³-hybridized carbons (Fsp3) is 0.263. The molecule has 0 saturated carbocycles. The van der Waals surface area contributed by atoms with E-state index in [0.29, 0.717) is 30.2 Å². The van der Waals surface area contributed by atoms with Gasteiger partial charge in [-0.15, -0.1) is 0 Å². The Labute approximate surface area is 166 Å². The lowest BCUT2D eigenvalue weighted by Gasteiger charge is -2.16. The summed E-state index contributed by atoms with van der Waals surface area (Å²) in [5.41, 5.74) is 2.17. The predicted octanol–water partition coefficient (Wildman–Crippen LogP) is 2.31. The van der Waals surface area contributed by atoms with Gasteiger partial charge in [-0.05, 0) is 25.5 Å². The lowest BCUT2D eigenvalue weighted by molar-refractivity contribution is -0.384. The minimum atomic E-state index is -0.451. The number of nitrogens with one attached hydrogen (secondary N) is 1. The Morgan fingerprint density at radius 2 is 2.00 bits per heavy atom. The van der Waals surface area contributed by atoms with Crippen LogP contribution in [0.2, 0.25) is 0 Å². The Morgan fingerprint density at radius 1 is 1.24 bits per heavy atom. The van der Waals surface area contributed by atoms with Gasteiger partial charge in [-0.3, -0.25) is 19.6 Å². The molecule has 1 aliphatic heterocycles. The zero-order valence-corrected chi connectivity index (χ0v) is 15.9. The second kappa shape index (κ2) is 7.30. The van der Waals surface area contributed by atoms with Crippen molar-refractivity contribution in [3.05, 3.63) is 58.5 Å². The Balaban J connectivity index is 1.54. The fourth-order valence-electron chi connectivity index (χ4n) is 3.30. The van der Waals surface area contributed by atoms with Crippen LogP contribution in [0.5, 0.6) is 0 Å². The van der Waals surface area contributed by atoms with Gasteiger partial charge in [-0.1, -0.05) is 0 Å². The molecule has 0 bridgehead atoms. The van der Waals surface area contributed by atoms with Gasteiger partial charge in [0.15, 0.2) is 5.82 Å². The van der Waals surface area contributed by atoms with Crippen LogP contribution in [0.25, 0.3) is 11.4 Å². The number of aryl methyl sites for hydroxylation is 2. The van der Waals surface area contributed by atoms with Gasteiger partial charge in [-0.25, -0.2) is 9.97 Å². The Bertz CT molecular complexity index is 1080. The first-order chi connectivity index (χ1) is 13.9. The van der Waals surface area contributed by atoms with Gasteiger partial charge in [-0.2, -0.15) is 5.10 Å². The number of rotatable bonds is 5. The number of aromatic nitrogens is 4. The Hall–Kier alpha value is -3.82. The van der Waals surface area contributed by atoms with Crippen molar-refractivity contribution in [2.75, 3.05) is 16.8 Å². The maximum atomic E-state index is 12.8. The Kier molecular flexibility index (Phi) is 4.67. The smallest absolute Gasteiger partial charge is 0.269 e. The molecule has 10 nitrogen and oxygen atoms in total. The first kappa shape index (κ1) is 18.5. The molecule has 1 aliphatic rings. The number of amides is 1. The van der Waals surface area contributed by atoms with E-state index < -0.39 is 11.0 Å². The quantitative estimate of drug-likeness (QED) is 0.522. The average molecular weight is 393 g/mol. The topological polar surface area (TPSA) is 119 Å². The van der Waals surface area contributed by atoms with Gasteiger partial charge in [0.2, 0.25) is 5.91 Å². The van der Waals surface area contributed by atoms with Crippen LogP contribution in [0.4, 0.5) is 17.2 Å². The number of nitro benzene ring substituents is 1. The second-order valence-corrected chi connectivity index (χ2v) is 6.87. The molecule has 3 heterocycles. The average Bonchev–Trinajstić information content (AvgIpc) is 3.27. The van der Waals surface area contributed by atoms with Crippen molar-refractivity contribution < 1.29 is 9.72 Å². The number of carbonyl (C=O) groups is 1. The summed E-state index contributed by atoms with van der Waals surface area (Å²) in [6.07, 6.45) is 4.12. The molecule has 29 heavy (non-hydrogen) atoms. The molecule has 148 valence electrons. The maximum absolute atomic E-state index is 12.8. The van der Waals surface area contributed by atoms with Gasteiger partial charge in [0.05, 0.1) is 16.8 Å². The van der Waals surface area contributed by atoms with Crippen LogP contribution in [0, 0.1) is 17.0 Å². The van der Waals surface area contributed by atoms with Crippen molar-refractivity contribution in [3.8, 4) is 11.4 Å². The molecule has 1 aromatic carbocycles. The summed E-state index contributed by atoms with van der Waals surface area (Å²) < 4.78 is 1.66. The van der Waals surface area contributed by atoms with Crippen molar-refractivity contribution in [2.45, 2.75) is 19.4 Å². The molecule has 1 N–H and O–H groups in total. The van der Waals surface area contributed by atoms with Crippen molar-refractivity contribution in [2.24, 2.45) is 7.05 Å². The number of nitro groups is 1. The first-order valence-electron chi connectivity index (χ1n) is 9.08. The number of nitrogens with zero attached hydrogens (tertiary/aromatic N) is 6. The summed E-state index contributed by atoms with van der Waals surface area (Å²) in [5, 5.41) is 18.2. The minimum Gasteiger partial charge on any atom is -0.358 e. The fourth-order valence-corrected chi connectivity index (χ4v) is 3.30. The van der Waals surface area contributed by atoms with Crippen LogP contribution in [-0.4, -0.2) is 43.2 Å². The van der Waals surface area contributed by atoms with Crippen LogP contribution >= 0.6 is 0 Å². The zero-order valence-electron chi connectivity index (χ0n) is 15.9. The number of anilines is 2. The molecular weight excluding hydrogens is 374 g/mol. The van der Waals surface area contributed by atoms with E-state index in [1.807, 2.05) is 20.2 Å². The van der Waals surface area contributed by atoms with Gasteiger partial charge in [0.25, 0.3) is 5.69 Å². The van der Waals surface area contributed by atoms with E-state index in [1.54, 1.807) is 34.0 Å². The van der Waals surface area contributed by atoms with Crippen LogP contribution in [0.15, 0.2) is 42.7 Å². The lowest BCUT2D eigenvalue weighted by Crippen LogP contribution is -2.33. The molecule has 1 fully saturated rings. The van der Waals surface area contributed by atoms with Gasteiger partial charge in [0.1, 0.15) is 11.9 Å². The minimum absolute atomic E-state index is 0.00629. The third-order valence-electron chi connectivity index (χ3n) is 4.72. The molecule has 0 aliphatic carbocycles. The molecule has 1 saturated heterocycles. The molecular formula is C19H19N7O3. The summed E-state index contributed by atoms with van der Waals surface area (Å²) in [6, 6.07) is 7.44. The summed E-state index contributed by atoms with van der Waals surface area (Å²) in [7, 11) is 1.81. The molecule has 0 spiro atoms. The first-order valence-corrected chi connectivity index (χ1v) is 9.08. The highest BCUT2D eigenvalue weighted by atomic mass is 16.6. The van der Waals surface area contributed by atoms with Crippen molar-refractivity contribution in [1.29, 1.82) is 0 Å². The highest BCUT2D eigenvalue weighted by molar-refractivity contribution is 6.00. The van der Waals surface area contributed by atoms with E-state index >= 15 is 0 Å². The van der Waals surface area contributed by atoms with Gasteiger partial charge < -0.3 is 10.2 Å². The SMILES string of the molecule is Cc1cc(NC2CCN(c3cnn(C)c3)C2=O)nc(-c2ccc([N+](=O)[O-])cc2)n1. The number of carbonyl (C=O) groups excluding carboxylic acids is 1. The highest BCUT2D eigenvalue weighted by Crippen LogP contribution is 2.25. The van der Waals surface area contributed by atoms with E-state index in [0.717, 1.165) is 11.4 Å². The van der Waals surface area contributed by atoms with E-state index in [2.05, 4.69) is 20.4 Å². The lowest BCUT2D eigenvalue weighted by atomic mass is 10.2. The standard InChI is InChI=1S/C19H19N7O3/c1-12-9-17(23-18(21-12)13-3-5-14(6-4-13)26(28)29)22-16-7-8-25(19(16)27)15-10-20-24(2)11-15/h3-6,9-11,16H,7-8H2,1-2H3,(H,21,22,23). The Morgan fingerprint density at radius 3 is 2.66 bits per heavy atom. The molecule has 0 radical (unpaired) electrons. The molecule has 2 aromatic heterocycles. The van der Waals surface area contributed by atoms with Gasteiger partial charge in [0, 0.05) is 49.2 Å². The molecule has 1 atom stereocenters. The van der Waals surface area contributed by atoms with E-state index in [4.69, 9.17) is 0 Å². The van der Waals surface area contributed by atoms with Crippen LogP contribution in [0.1, 0.15) is 12.1 Å². The van der Waals surface area contributed by atoms with E-state index in [1.165, 1.54) is 12.1 Å². The van der Waals surface area contributed by atoms with Crippen molar-refractivity contribution in [3.63, 3.8) is 0 Å². The van der Waals surface area contributed by atoms with Crippen LogP contribution < -0.4 is 10.2 Å². The van der Waals surface area contributed by atoms with Crippen LogP contribution in [-0.2, 0) is 11.8 Å². The second-order valence-electron chi connectivity index (χ2n) is 6.87. The predicted molar refractivity (Wildman–Crippen MR) is 106 cm³/mol. The monoisotopic (exact) mass is 393 g/mol. The molecule has 4 rings (SSSR count). The third kappa shape index (κ3) is 3.77. The largest absolute Gasteiger partial charge is 0.358 e. The van der Waals surface area contributed by atoms with Crippen molar-refractivity contribution in [1.82, 2.24) is 19.7 Å². The summed E-state index contributed by atoms with van der Waals surface area (Å²) in [6.45, 7) is 2.43. The summed E-state index contributed by atoms with van der Waals surface area (Å²) >= 11 is 0. The van der Waals surface area contributed by atoms with E-state index in [-0.39, 0.29) is 11.6 Å². The summed E-state index contributed by atoms with van der Waals surface area (Å²) in [4.78, 5) is 33.8. The normalized spacial score (nSPS) is 16.3. The third-order valence-corrected chi connectivity index (χ3v) is 4.72. The van der Waals surface area contributed by atoms with Crippen molar-refractivity contribution >= 4 is 23.1 Å². The maximum Gasteiger partial charge on any atom is 0.269 e. The summed E-state index contributed by atoms with van der Waals surface area (Å²) in [5.74, 6) is 0.945.